The quantitative estimate of drug-likeness (QED) is 0.443. The maximum Gasteiger partial charge on any atom is 0.422 e. The van der Waals surface area contributed by atoms with E-state index in [4.69, 9.17) is 10.5 Å². The van der Waals surface area contributed by atoms with Crippen LogP contribution in [-0.4, -0.2) is 31.6 Å². The molecule has 0 rings (SSSR count). The first kappa shape index (κ1) is 17.5. The van der Waals surface area contributed by atoms with Crippen molar-refractivity contribution >= 4 is 6.72 Å². The van der Waals surface area contributed by atoms with Crippen molar-refractivity contribution in [2.24, 2.45) is 10.7 Å². The zero-order chi connectivity index (χ0) is 15.1. The summed E-state index contributed by atoms with van der Waals surface area (Å²) in [6.45, 7) is 6.92. The first-order chi connectivity index (χ1) is 8.59. The molecule has 0 saturated carbocycles. The molecule has 0 radical (unpaired) electrons. The van der Waals surface area contributed by atoms with Gasteiger partial charge >= 0.3 is 6.18 Å². The Kier molecular flexibility index (Phi) is 6.61. The lowest BCUT2D eigenvalue weighted by Crippen LogP contribution is -2.37. The van der Waals surface area contributed by atoms with Crippen LogP contribution in [0.4, 0.5) is 13.2 Å². The normalized spacial score (nSPS) is 14.3. The van der Waals surface area contributed by atoms with Gasteiger partial charge in [0.1, 0.15) is 6.61 Å². The van der Waals surface area contributed by atoms with Gasteiger partial charge in [0, 0.05) is 5.54 Å². The Balaban J connectivity index is 4.93. The van der Waals surface area contributed by atoms with Crippen LogP contribution in [-0.2, 0) is 9.47 Å². The fourth-order valence-corrected chi connectivity index (χ4v) is 0.941. The van der Waals surface area contributed by atoms with Gasteiger partial charge in [0.2, 0.25) is 0 Å². The van der Waals surface area contributed by atoms with Crippen LogP contribution in [0.15, 0.2) is 28.8 Å². The summed E-state index contributed by atoms with van der Waals surface area (Å²) in [5.41, 5.74) is 5.06. The summed E-state index contributed by atoms with van der Waals surface area (Å²) < 4.78 is 46.2. The van der Waals surface area contributed by atoms with Crippen molar-refractivity contribution in [1.82, 2.24) is 0 Å². The maximum absolute atomic E-state index is 12.1. The second-order valence-corrected chi connectivity index (χ2v) is 4.51. The molecule has 0 aliphatic heterocycles. The Hall–Kier alpha value is -1.50. The predicted octanol–water partition coefficient (Wildman–Crippen LogP) is 2.77. The van der Waals surface area contributed by atoms with Gasteiger partial charge in [0.15, 0.2) is 12.4 Å². The fourth-order valence-electron chi connectivity index (χ4n) is 0.941. The van der Waals surface area contributed by atoms with E-state index in [0.29, 0.717) is 0 Å². The lowest BCUT2D eigenvalue weighted by atomic mass is 10.1. The highest BCUT2D eigenvalue weighted by atomic mass is 19.4. The summed E-state index contributed by atoms with van der Waals surface area (Å²) in [4.78, 5) is 3.52. The van der Waals surface area contributed by atoms with Gasteiger partial charge in [-0.25, -0.2) is 4.99 Å². The molecule has 0 amide bonds. The number of rotatable bonds is 7. The summed E-state index contributed by atoms with van der Waals surface area (Å²) >= 11 is 0. The molecule has 0 aromatic heterocycles. The Bertz CT molecular complexity index is 355. The van der Waals surface area contributed by atoms with Crippen LogP contribution in [0.3, 0.4) is 0 Å². The fraction of sp³-hybridized carbons (Fsp3) is 0.583. The smallest absolute Gasteiger partial charge is 0.422 e. The number of nitrogens with zero attached hydrogens (tertiary/aromatic N) is 1. The van der Waals surface area contributed by atoms with Gasteiger partial charge in [-0.2, -0.15) is 13.2 Å². The van der Waals surface area contributed by atoms with Gasteiger partial charge in [0.25, 0.3) is 5.88 Å². The molecule has 0 aliphatic carbocycles. The molecule has 0 aromatic carbocycles. The SMILES string of the molecule is C=N/C(OCC(C)(C)N)=C(\C=C/C)OCC(F)(F)F. The molecule has 0 aliphatic rings. The Morgan fingerprint density at radius 2 is 1.84 bits per heavy atom. The van der Waals surface area contributed by atoms with Gasteiger partial charge in [-0.15, -0.1) is 0 Å². The lowest BCUT2D eigenvalue weighted by Gasteiger charge is -2.20. The van der Waals surface area contributed by atoms with Gasteiger partial charge < -0.3 is 15.2 Å². The Morgan fingerprint density at radius 1 is 1.26 bits per heavy atom. The molecule has 0 atom stereocenters. The number of allylic oxidation sites excluding steroid dienone is 2. The van der Waals surface area contributed by atoms with Crippen molar-refractivity contribution in [1.29, 1.82) is 0 Å². The van der Waals surface area contributed by atoms with Crippen LogP contribution in [0, 0.1) is 0 Å². The maximum atomic E-state index is 12.1. The van der Waals surface area contributed by atoms with Crippen LogP contribution in [0.1, 0.15) is 20.8 Å². The zero-order valence-corrected chi connectivity index (χ0v) is 11.3. The van der Waals surface area contributed by atoms with Gasteiger partial charge in [-0.05, 0) is 33.6 Å². The first-order valence-electron chi connectivity index (χ1n) is 5.54. The second-order valence-electron chi connectivity index (χ2n) is 4.51. The number of nitrogens with two attached hydrogens (primary N) is 1. The number of alkyl halides is 3. The van der Waals surface area contributed by atoms with E-state index in [-0.39, 0.29) is 18.2 Å². The van der Waals surface area contributed by atoms with Gasteiger partial charge in [-0.3, -0.25) is 0 Å². The van der Waals surface area contributed by atoms with Crippen molar-refractivity contribution in [2.45, 2.75) is 32.5 Å². The van der Waals surface area contributed by atoms with Gasteiger partial charge in [0.05, 0.1) is 0 Å². The average Bonchev–Trinajstić information content (AvgIpc) is 2.23. The number of hydrogen-bond donors (Lipinski definition) is 1. The molecule has 0 aromatic rings. The predicted molar refractivity (Wildman–Crippen MR) is 67.6 cm³/mol. The molecule has 0 saturated heterocycles. The Labute approximate surface area is 110 Å². The average molecular weight is 280 g/mol. The highest BCUT2D eigenvalue weighted by Gasteiger charge is 2.29. The van der Waals surface area contributed by atoms with E-state index in [9.17, 15) is 13.2 Å². The van der Waals surface area contributed by atoms with Crippen LogP contribution < -0.4 is 5.73 Å². The van der Waals surface area contributed by atoms with E-state index in [1.807, 2.05) is 0 Å². The number of ether oxygens (including phenoxy) is 2. The molecule has 0 fully saturated rings. The molecule has 2 N–H and O–H groups in total. The summed E-state index contributed by atoms with van der Waals surface area (Å²) in [5, 5.41) is 0. The third kappa shape index (κ3) is 9.12. The highest BCUT2D eigenvalue weighted by molar-refractivity contribution is 5.30. The standard InChI is InChI=1S/C12H19F3N2O2/c1-5-6-9(18-8-12(13,14)15)10(17-4)19-7-11(2,3)16/h5-6H,4,7-8,16H2,1-3H3/b6-5-,10-9-. The molecule has 7 heteroatoms. The van der Waals surface area contributed by atoms with Crippen molar-refractivity contribution in [3.8, 4) is 0 Å². The third-order valence-electron chi connectivity index (χ3n) is 1.64. The van der Waals surface area contributed by atoms with Crippen molar-refractivity contribution in [2.75, 3.05) is 13.2 Å². The van der Waals surface area contributed by atoms with Crippen LogP contribution in [0.25, 0.3) is 0 Å². The number of aliphatic imine (C=N–C) groups is 1. The number of hydrogen-bond acceptors (Lipinski definition) is 4. The van der Waals surface area contributed by atoms with E-state index in [0.717, 1.165) is 0 Å². The van der Waals surface area contributed by atoms with Gasteiger partial charge in [-0.1, -0.05) is 6.08 Å². The molecule has 19 heavy (non-hydrogen) atoms. The second kappa shape index (κ2) is 7.18. The van der Waals surface area contributed by atoms with E-state index in [1.54, 1.807) is 20.8 Å². The molecular weight excluding hydrogens is 261 g/mol. The van der Waals surface area contributed by atoms with E-state index < -0.39 is 18.3 Å². The minimum absolute atomic E-state index is 0.0672. The van der Waals surface area contributed by atoms with E-state index in [1.165, 1.54) is 12.2 Å². The largest absolute Gasteiger partial charge is 0.478 e. The Morgan fingerprint density at radius 3 is 2.21 bits per heavy atom. The van der Waals surface area contributed by atoms with Crippen LogP contribution >= 0.6 is 0 Å². The van der Waals surface area contributed by atoms with Crippen LogP contribution in [0.2, 0.25) is 0 Å². The summed E-state index contributed by atoms with van der Waals surface area (Å²) in [6.07, 6.45) is -1.61. The monoisotopic (exact) mass is 280 g/mol. The molecular formula is C12H19F3N2O2. The molecule has 0 bridgehead atoms. The summed E-state index contributed by atoms with van der Waals surface area (Å²) in [5.74, 6) is -0.264. The number of halogens is 3. The van der Waals surface area contributed by atoms with E-state index in [2.05, 4.69) is 16.4 Å². The minimum atomic E-state index is -4.44. The molecule has 110 valence electrons. The molecule has 0 heterocycles. The first-order valence-corrected chi connectivity index (χ1v) is 5.54. The third-order valence-corrected chi connectivity index (χ3v) is 1.64. The highest BCUT2D eigenvalue weighted by Crippen LogP contribution is 2.19. The molecule has 0 unspecified atom stereocenters. The summed E-state index contributed by atoms with van der Waals surface area (Å²) in [7, 11) is 0. The van der Waals surface area contributed by atoms with Crippen LogP contribution in [0.5, 0.6) is 0 Å². The van der Waals surface area contributed by atoms with Crippen molar-refractivity contribution < 1.29 is 22.6 Å². The molecule has 4 nitrogen and oxygen atoms in total. The summed E-state index contributed by atoms with van der Waals surface area (Å²) in [6, 6.07) is 0. The lowest BCUT2D eigenvalue weighted by molar-refractivity contribution is -0.164. The van der Waals surface area contributed by atoms with Crippen molar-refractivity contribution in [3.63, 3.8) is 0 Å². The minimum Gasteiger partial charge on any atom is -0.478 e. The molecule has 0 spiro atoms. The zero-order valence-electron chi connectivity index (χ0n) is 11.3. The van der Waals surface area contributed by atoms with Crippen molar-refractivity contribution in [3.05, 3.63) is 23.8 Å². The topological polar surface area (TPSA) is 56.8 Å². The van der Waals surface area contributed by atoms with E-state index >= 15 is 0 Å².